The number of hydrogen-bond acceptors (Lipinski definition) is 1. The van der Waals surface area contributed by atoms with E-state index in [9.17, 15) is 4.79 Å². The zero-order valence-electron chi connectivity index (χ0n) is 23.9. The van der Waals surface area contributed by atoms with Crippen molar-refractivity contribution in [3.8, 4) is 33.4 Å². The number of aryl methyl sites for hydroxylation is 1. The van der Waals surface area contributed by atoms with E-state index in [1.165, 1.54) is 49.4 Å². The van der Waals surface area contributed by atoms with Crippen LogP contribution in [-0.4, -0.2) is 4.57 Å². The fraction of sp³-hybridized carbons (Fsp3) is 0.0488. The summed E-state index contributed by atoms with van der Waals surface area (Å²) in [7, 11) is 0. The maximum atomic E-state index is 13.3. The summed E-state index contributed by atoms with van der Waals surface area (Å²) >= 11 is 0. The van der Waals surface area contributed by atoms with Gasteiger partial charge in [0.05, 0.1) is 5.52 Å². The van der Waals surface area contributed by atoms with Crippen molar-refractivity contribution in [2.75, 3.05) is 0 Å². The molecule has 0 saturated heterocycles. The summed E-state index contributed by atoms with van der Waals surface area (Å²) in [6.45, 7) is 2.67. The van der Waals surface area contributed by atoms with Crippen molar-refractivity contribution in [1.29, 1.82) is 0 Å². The fourth-order valence-electron chi connectivity index (χ4n) is 6.83. The molecule has 7 aromatic carbocycles. The second-order valence-electron chi connectivity index (χ2n) is 11.1. The van der Waals surface area contributed by atoms with Gasteiger partial charge in [-0.1, -0.05) is 127 Å². The van der Waals surface area contributed by atoms with Crippen LogP contribution >= 0.6 is 0 Å². The molecule has 0 aliphatic heterocycles. The Hall–Kier alpha value is -5.47. The summed E-state index contributed by atoms with van der Waals surface area (Å²) in [5.41, 5.74) is 8.29. The van der Waals surface area contributed by atoms with Crippen LogP contribution in [0.15, 0.2) is 150 Å². The van der Waals surface area contributed by atoms with E-state index < -0.39 is 0 Å². The van der Waals surface area contributed by atoms with E-state index in [1.807, 2.05) is 29.7 Å². The lowest BCUT2D eigenvalue weighted by Crippen LogP contribution is -2.19. The molecule has 1 aromatic heterocycles. The van der Waals surface area contributed by atoms with Crippen molar-refractivity contribution in [3.05, 3.63) is 156 Å². The fourth-order valence-corrected chi connectivity index (χ4v) is 6.83. The molecule has 0 bridgehead atoms. The van der Waals surface area contributed by atoms with Gasteiger partial charge < -0.3 is 4.57 Å². The lowest BCUT2D eigenvalue weighted by molar-refractivity contribution is 0.767. The molecular formula is C41H29NO. The van der Waals surface area contributed by atoms with Gasteiger partial charge >= 0.3 is 0 Å². The molecule has 8 aromatic rings. The Labute approximate surface area is 250 Å². The molecule has 0 N–H and O–H groups in total. The highest BCUT2D eigenvalue weighted by Gasteiger charge is 2.18. The zero-order chi connectivity index (χ0) is 28.9. The Kier molecular flexibility index (Phi) is 5.94. The summed E-state index contributed by atoms with van der Waals surface area (Å²) in [6, 6.07) is 51.6. The molecular weight excluding hydrogens is 522 g/mol. The van der Waals surface area contributed by atoms with Gasteiger partial charge in [0, 0.05) is 17.3 Å². The van der Waals surface area contributed by atoms with Gasteiger partial charge in [0.2, 0.25) is 0 Å². The Morgan fingerprint density at radius 2 is 0.860 bits per heavy atom. The van der Waals surface area contributed by atoms with Crippen LogP contribution in [0.5, 0.6) is 0 Å². The van der Waals surface area contributed by atoms with Crippen molar-refractivity contribution < 1.29 is 0 Å². The molecule has 0 radical (unpaired) electrons. The third kappa shape index (κ3) is 3.99. The third-order valence-corrected chi connectivity index (χ3v) is 8.80. The van der Waals surface area contributed by atoms with Crippen LogP contribution in [0.3, 0.4) is 0 Å². The summed E-state index contributed by atoms with van der Waals surface area (Å²) in [5, 5.41) is 7.75. The van der Waals surface area contributed by atoms with E-state index >= 15 is 0 Å². The third-order valence-electron chi connectivity index (χ3n) is 8.80. The maximum Gasteiger partial charge on any atom is 0.258 e. The van der Waals surface area contributed by atoms with Gasteiger partial charge in [-0.25, -0.2) is 0 Å². The van der Waals surface area contributed by atoms with E-state index in [1.54, 1.807) is 0 Å². The van der Waals surface area contributed by atoms with Crippen LogP contribution in [0.4, 0.5) is 0 Å². The van der Waals surface area contributed by atoms with Gasteiger partial charge in [0.15, 0.2) is 0 Å². The topological polar surface area (TPSA) is 22.0 Å². The standard InChI is InChI=1S/C41H29NO/c1-2-42-38-25-24-30(26-37(38)31-14-6-11-19-36(31)41(42)43)40-34-17-9-7-15-32(34)39(33-16-8-10-18-35(33)40)29-22-20-28(21-23-29)27-12-4-3-5-13-27/h3-26H,2H2,1H3. The van der Waals surface area contributed by atoms with Crippen LogP contribution in [0.2, 0.25) is 0 Å². The lowest BCUT2D eigenvalue weighted by atomic mass is 9.85. The molecule has 204 valence electrons. The molecule has 43 heavy (non-hydrogen) atoms. The Balaban J connectivity index is 1.42. The number of rotatable bonds is 4. The molecule has 0 fully saturated rings. The molecule has 8 rings (SSSR count). The van der Waals surface area contributed by atoms with Crippen molar-refractivity contribution in [1.82, 2.24) is 4.57 Å². The van der Waals surface area contributed by atoms with E-state index in [-0.39, 0.29) is 5.56 Å². The van der Waals surface area contributed by atoms with Crippen LogP contribution in [0.1, 0.15) is 6.92 Å². The minimum absolute atomic E-state index is 0.0666. The van der Waals surface area contributed by atoms with Crippen molar-refractivity contribution in [3.63, 3.8) is 0 Å². The molecule has 2 nitrogen and oxygen atoms in total. The van der Waals surface area contributed by atoms with Crippen molar-refractivity contribution >= 4 is 43.2 Å². The average Bonchev–Trinajstić information content (AvgIpc) is 3.08. The van der Waals surface area contributed by atoms with Crippen molar-refractivity contribution in [2.45, 2.75) is 13.5 Å². The van der Waals surface area contributed by atoms with E-state index in [4.69, 9.17) is 0 Å². The first-order chi connectivity index (χ1) is 21.2. The van der Waals surface area contributed by atoms with Gasteiger partial charge in [0.25, 0.3) is 5.56 Å². The maximum absolute atomic E-state index is 13.3. The Morgan fingerprint density at radius 1 is 0.419 bits per heavy atom. The Morgan fingerprint density at radius 3 is 1.44 bits per heavy atom. The first-order valence-corrected chi connectivity index (χ1v) is 14.9. The van der Waals surface area contributed by atoms with E-state index in [0.29, 0.717) is 6.54 Å². The highest BCUT2D eigenvalue weighted by molar-refractivity contribution is 6.22. The first-order valence-electron chi connectivity index (χ1n) is 14.9. The van der Waals surface area contributed by atoms with Crippen LogP contribution < -0.4 is 5.56 Å². The van der Waals surface area contributed by atoms with E-state index in [0.717, 1.165) is 27.2 Å². The molecule has 0 amide bonds. The summed E-state index contributed by atoms with van der Waals surface area (Å²) in [5.74, 6) is 0. The minimum Gasteiger partial charge on any atom is -0.308 e. The number of pyridine rings is 1. The molecule has 0 aliphatic rings. The quantitative estimate of drug-likeness (QED) is 0.157. The van der Waals surface area contributed by atoms with Gasteiger partial charge in [-0.3, -0.25) is 4.79 Å². The molecule has 0 unspecified atom stereocenters. The summed E-state index contributed by atoms with van der Waals surface area (Å²) < 4.78 is 1.89. The smallest absolute Gasteiger partial charge is 0.258 e. The molecule has 0 atom stereocenters. The second-order valence-corrected chi connectivity index (χ2v) is 11.1. The van der Waals surface area contributed by atoms with Gasteiger partial charge in [-0.15, -0.1) is 0 Å². The van der Waals surface area contributed by atoms with Crippen LogP contribution in [-0.2, 0) is 6.54 Å². The second kappa shape index (κ2) is 10.1. The Bertz CT molecular complexity index is 2330. The van der Waals surface area contributed by atoms with Crippen molar-refractivity contribution in [2.24, 2.45) is 0 Å². The summed E-state index contributed by atoms with van der Waals surface area (Å²) in [4.78, 5) is 13.3. The number of nitrogens with zero attached hydrogens (tertiary/aromatic N) is 1. The van der Waals surface area contributed by atoms with Gasteiger partial charge in [-0.2, -0.15) is 0 Å². The molecule has 2 heteroatoms. The van der Waals surface area contributed by atoms with Crippen LogP contribution in [0, 0.1) is 0 Å². The van der Waals surface area contributed by atoms with E-state index in [2.05, 4.69) is 127 Å². The lowest BCUT2D eigenvalue weighted by Gasteiger charge is -2.19. The predicted molar refractivity (Wildman–Crippen MR) is 183 cm³/mol. The molecule has 0 saturated carbocycles. The normalized spacial score (nSPS) is 11.6. The largest absolute Gasteiger partial charge is 0.308 e. The number of benzene rings is 7. The predicted octanol–water partition coefficient (Wildman–Crippen LogP) is 10.5. The highest BCUT2D eigenvalue weighted by atomic mass is 16.1. The molecule has 1 heterocycles. The van der Waals surface area contributed by atoms with Crippen LogP contribution in [0.25, 0.3) is 76.6 Å². The monoisotopic (exact) mass is 551 g/mol. The average molecular weight is 552 g/mol. The SMILES string of the molecule is CCn1c(=O)c2ccccc2c2cc(-c3c4ccccc4c(-c4ccc(-c5ccccc5)cc4)c4ccccc34)ccc21. The highest BCUT2D eigenvalue weighted by Crippen LogP contribution is 2.44. The molecule has 0 spiro atoms. The number of fused-ring (bicyclic) bond motifs is 5. The van der Waals surface area contributed by atoms with Gasteiger partial charge in [0.1, 0.15) is 0 Å². The summed E-state index contributed by atoms with van der Waals surface area (Å²) in [6.07, 6.45) is 0. The minimum atomic E-state index is 0.0666. The van der Waals surface area contributed by atoms with Gasteiger partial charge in [-0.05, 0) is 85.4 Å². The number of aromatic nitrogens is 1. The number of hydrogen-bond donors (Lipinski definition) is 0. The molecule has 0 aliphatic carbocycles. The zero-order valence-corrected chi connectivity index (χ0v) is 23.9. The first kappa shape index (κ1) is 25.3.